The van der Waals surface area contributed by atoms with Gasteiger partial charge >= 0.3 is 5.97 Å². The van der Waals surface area contributed by atoms with Crippen LogP contribution in [0.4, 0.5) is 4.39 Å². The minimum atomic E-state index is -2.02. The zero-order chi connectivity index (χ0) is 34.8. The molecular weight excluding hydrogens is 611 g/mol. The Labute approximate surface area is 287 Å². The normalized spacial score (nSPS) is 37.7. The Kier molecular flexibility index (Phi) is 11.5. The molecule has 0 amide bonds. The number of fused-ring (bicyclic) bond motifs is 7. The lowest BCUT2D eigenvalue weighted by Crippen LogP contribution is -2.70. The summed E-state index contributed by atoms with van der Waals surface area (Å²) in [6.45, 7) is 9.04. The second kappa shape index (κ2) is 14.8. The SMILES string of the molecule is CCCCCCCCCCCCCCCC(=O)OCC(=O)[C@]12OC(C)(C)O[C@H]1C[C@@H]1[C@H]3CCC4=CC(=O)C=C[C@]4(C)[C@]3(F)[C@@H](O)C[C@@]12C. The molecule has 0 radical (unpaired) electrons. The van der Waals surface area contributed by atoms with Crippen molar-refractivity contribution >= 4 is 17.5 Å². The van der Waals surface area contributed by atoms with E-state index in [1.54, 1.807) is 26.8 Å². The molecule has 0 aromatic heterocycles. The third kappa shape index (κ3) is 6.64. The van der Waals surface area contributed by atoms with Crippen LogP contribution in [0.15, 0.2) is 23.8 Å². The van der Waals surface area contributed by atoms with Gasteiger partial charge in [0.05, 0.1) is 12.2 Å². The van der Waals surface area contributed by atoms with Gasteiger partial charge in [0, 0.05) is 23.2 Å². The first-order valence-electron chi connectivity index (χ1n) is 19.1. The average Bonchev–Trinajstić information content (AvgIpc) is 3.44. The summed E-state index contributed by atoms with van der Waals surface area (Å²) in [5.74, 6) is -2.90. The Morgan fingerprint density at radius 3 is 2.17 bits per heavy atom. The molecule has 4 aliphatic carbocycles. The molecule has 48 heavy (non-hydrogen) atoms. The van der Waals surface area contributed by atoms with E-state index in [0.29, 0.717) is 24.8 Å². The van der Waals surface area contributed by atoms with Crippen molar-refractivity contribution in [3.05, 3.63) is 23.8 Å². The van der Waals surface area contributed by atoms with Gasteiger partial charge in [0.25, 0.3) is 0 Å². The summed E-state index contributed by atoms with van der Waals surface area (Å²) in [6, 6.07) is 0. The summed E-state index contributed by atoms with van der Waals surface area (Å²) >= 11 is 0. The number of carbonyl (C=O) groups is 3. The Bertz CT molecular complexity index is 1260. The fourth-order valence-corrected chi connectivity index (χ4v) is 10.4. The minimum Gasteiger partial charge on any atom is -0.458 e. The second-order valence-electron chi connectivity index (χ2n) is 16.4. The van der Waals surface area contributed by atoms with Crippen LogP contribution in [0, 0.1) is 22.7 Å². The van der Waals surface area contributed by atoms with Crippen molar-refractivity contribution in [2.45, 2.75) is 179 Å². The summed E-state index contributed by atoms with van der Waals surface area (Å²) in [7, 11) is 0. The van der Waals surface area contributed by atoms with E-state index < -0.39 is 58.6 Å². The fraction of sp³-hybridized carbons (Fsp3) is 0.825. The first-order chi connectivity index (χ1) is 22.7. The van der Waals surface area contributed by atoms with Gasteiger partial charge in [0.2, 0.25) is 5.78 Å². The first kappa shape index (κ1) is 37.4. The van der Waals surface area contributed by atoms with Gasteiger partial charge in [-0.05, 0) is 70.9 Å². The topological polar surface area (TPSA) is 99.1 Å². The molecule has 0 aromatic rings. The lowest BCUT2D eigenvalue weighted by atomic mass is 9.44. The molecule has 0 aromatic carbocycles. The number of alkyl halides is 1. The van der Waals surface area contributed by atoms with Crippen LogP contribution in [0.5, 0.6) is 0 Å². The maximum atomic E-state index is 17.6. The number of ketones is 2. The Balaban J connectivity index is 1.15. The van der Waals surface area contributed by atoms with Crippen molar-refractivity contribution in [3.8, 4) is 0 Å². The van der Waals surface area contributed by atoms with E-state index in [4.69, 9.17) is 14.2 Å². The molecule has 5 aliphatic rings. The van der Waals surface area contributed by atoms with E-state index in [-0.39, 0.29) is 30.3 Å². The van der Waals surface area contributed by atoms with E-state index in [0.717, 1.165) is 19.3 Å². The van der Waals surface area contributed by atoms with E-state index >= 15 is 4.39 Å². The number of halogens is 1. The monoisotopic (exact) mass is 672 g/mol. The van der Waals surface area contributed by atoms with Crippen LogP contribution in [0.2, 0.25) is 0 Å². The quantitative estimate of drug-likeness (QED) is 0.122. The number of carbonyl (C=O) groups excluding carboxylic acids is 3. The zero-order valence-corrected chi connectivity index (χ0v) is 30.3. The van der Waals surface area contributed by atoms with Crippen molar-refractivity contribution in [1.82, 2.24) is 0 Å². The molecule has 0 unspecified atom stereocenters. The lowest BCUT2D eigenvalue weighted by molar-refractivity contribution is -0.246. The van der Waals surface area contributed by atoms with Gasteiger partial charge in [-0.2, -0.15) is 0 Å². The van der Waals surface area contributed by atoms with Crippen LogP contribution in [-0.4, -0.2) is 58.5 Å². The number of allylic oxidation sites excluding steroid dienone is 4. The smallest absolute Gasteiger partial charge is 0.306 e. The van der Waals surface area contributed by atoms with Gasteiger partial charge in [-0.15, -0.1) is 0 Å². The number of hydrogen-bond donors (Lipinski definition) is 1. The van der Waals surface area contributed by atoms with Crippen LogP contribution < -0.4 is 0 Å². The summed E-state index contributed by atoms with van der Waals surface area (Å²) in [4.78, 5) is 39.2. The number of ether oxygens (including phenoxy) is 3. The van der Waals surface area contributed by atoms with Gasteiger partial charge in [-0.1, -0.05) is 103 Å². The van der Waals surface area contributed by atoms with Gasteiger partial charge in [-0.3, -0.25) is 14.4 Å². The van der Waals surface area contributed by atoms with Gasteiger partial charge < -0.3 is 19.3 Å². The van der Waals surface area contributed by atoms with E-state index in [2.05, 4.69) is 6.92 Å². The summed E-state index contributed by atoms with van der Waals surface area (Å²) < 4.78 is 36.1. The Hall–Kier alpha value is -1.90. The predicted molar refractivity (Wildman–Crippen MR) is 183 cm³/mol. The molecule has 1 saturated heterocycles. The standard InChI is InChI=1S/C40H61FO7/c1-6-7-8-9-10-11-12-13-14-15-16-17-18-19-35(45)46-27-33(44)40-34(47-36(2,3)48-40)25-31-30-21-20-28-24-29(42)22-23-37(28,4)39(30,41)32(43)26-38(31,40)5/h22-24,30-32,34,43H,6-21,25-27H2,1-5H3/t30-,31-,32+,34+,37+,38+,39-,40+/m1/s1. The number of aliphatic hydroxyl groups is 1. The maximum absolute atomic E-state index is 17.6. The largest absolute Gasteiger partial charge is 0.458 e. The molecule has 3 saturated carbocycles. The molecule has 1 heterocycles. The highest BCUT2D eigenvalue weighted by atomic mass is 19.1. The third-order valence-corrected chi connectivity index (χ3v) is 12.9. The first-order valence-corrected chi connectivity index (χ1v) is 19.1. The predicted octanol–water partition coefficient (Wildman–Crippen LogP) is 8.45. The van der Waals surface area contributed by atoms with Gasteiger partial charge in [0.1, 0.15) is 0 Å². The number of hydrogen-bond acceptors (Lipinski definition) is 7. The summed E-state index contributed by atoms with van der Waals surface area (Å²) in [6.07, 6.45) is 20.0. The number of aliphatic hydroxyl groups excluding tert-OH is 1. The number of Topliss-reactive ketones (excluding diaryl/α,β-unsaturated/α-hetero) is 1. The Morgan fingerprint density at radius 1 is 0.938 bits per heavy atom. The average molecular weight is 673 g/mol. The number of rotatable bonds is 17. The van der Waals surface area contributed by atoms with E-state index in [1.807, 2.05) is 6.92 Å². The molecule has 1 N–H and O–H groups in total. The van der Waals surface area contributed by atoms with Crippen LogP contribution in [-0.2, 0) is 28.6 Å². The fourth-order valence-electron chi connectivity index (χ4n) is 10.4. The maximum Gasteiger partial charge on any atom is 0.306 e. The molecule has 270 valence electrons. The molecule has 0 bridgehead atoms. The van der Waals surface area contributed by atoms with Crippen LogP contribution >= 0.6 is 0 Å². The van der Waals surface area contributed by atoms with Crippen LogP contribution in [0.1, 0.15) is 150 Å². The summed E-state index contributed by atoms with van der Waals surface area (Å²) in [5, 5.41) is 11.7. The van der Waals surface area contributed by atoms with Gasteiger partial charge in [-0.25, -0.2) is 4.39 Å². The molecule has 0 spiro atoms. The van der Waals surface area contributed by atoms with E-state index in [9.17, 15) is 19.5 Å². The van der Waals surface area contributed by atoms with Crippen LogP contribution in [0.25, 0.3) is 0 Å². The Morgan fingerprint density at radius 2 is 1.54 bits per heavy atom. The molecule has 1 aliphatic heterocycles. The van der Waals surface area contributed by atoms with Crippen molar-refractivity contribution < 1.29 is 38.1 Å². The molecule has 7 nitrogen and oxygen atoms in total. The highest BCUT2D eigenvalue weighted by molar-refractivity contribution is 6.01. The van der Waals surface area contributed by atoms with Gasteiger partial charge in [0.15, 0.2) is 29.4 Å². The number of unbranched alkanes of at least 4 members (excludes halogenated alkanes) is 12. The van der Waals surface area contributed by atoms with Crippen molar-refractivity contribution in [2.75, 3.05) is 6.61 Å². The lowest BCUT2D eigenvalue weighted by Gasteiger charge is -2.62. The summed E-state index contributed by atoms with van der Waals surface area (Å²) in [5.41, 5.74) is -4.85. The minimum absolute atomic E-state index is 0.0100. The van der Waals surface area contributed by atoms with Crippen LogP contribution in [0.3, 0.4) is 0 Å². The third-order valence-electron chi connectivity index (χ3n) is 12.9. The highest BCUT2D eigenvalue weighted by Gasteiger charge is 2.80. The van der Waals surface area contributed by atoms with Crippen molar-refractivity contribution in [3.63, 3.8) is 0 Å². The highest BCUT2D eigenvalue weighted by Crippen LogP contribution is 2.72. The zero-order valence-electron chi connectivity index (χ0n) is 30.3. The van der Waals surface area contributed by atoms with Crippen molar-refractivity contribution in [2.24, 2.45) is 22.7 Å². The second-order valence-corrected chi connectivity index (χ2v) is 16.4. The molecule has 8 heteroatoms. The molecule has 8 atom stereocenters. The molecule has 5 rings (SSSR count). The molecular formula is C40H61FO7. The number of esters is 1. The van der Waals surface area contributed by atoms with Crippen molar-refractivity contribution in [1.29, 1.82) is 0 Å². The molecule has 4 fully saturated rings. The van der Waals surface area contributed by atoms with E-state index in [1.165, 1.54) is 76.4 Å².